The number of hydrogen-bond acceptors (Lipinski definition) is 6. The molecule has 2 aromatic rings. The molecule has 0 aromatic carbocycles. The summed E-state index contributed by atoms with van der Waals surface area (Å²) in [5, 5.41) is 2.76. The summed E-state index contributed by atoms with van der Waals surface area (Å²) < 4.78 is 13.3. The summed E-state index contributed by atoms with van der Waals surface area (Å²) in [5.41, 5.74) is -0.564. The van der Waals surface area contributed by atoms with E-state index < -0.39 is 17.1 Å². The molecule has 1 aliphatic carbocycles. The van der Waals surface area contributed by atoms with Crippen LogP contribution in [0.2, 0.25) is 0 Å². The molecule has 0 aliphatic heterocycles. The van der Waals surface area contributed by atoms with E-state index in [9.17, 15) is 9.59 Å². The number of rotatable bonds is 8. The van der Waals surface area contributed by atoms with E-state index in [1.54, 1.807) is 19.4 Å². The quantitative estimate of drug-likeness (QED) is 0.439. The fraction of sp³-hybridized carbons (Fsp3) is 0.545. The van der Waals surface area contributed by atoms with Gasteiger partial charge in [-0.25, -0.2) is 14.8 Å². The number of halogens is 1. The lowest BCUT2D eigenvalue weighted by molar-refractivity contribution is -0.146. The molecule has 8 nitrogen and oxygen atoms in total. The van der Waals surface area contributed by atoms with Crippen molar-refractivity contribution in [2.75, 3.05) is 13.2 Å². The van der Waals surface area contributed by atoms with Gasteiger partial charge in [0.25, 0.3) is 0 Å². The van der Waals surface area contributed by atoms with Crippen LogP contribution in [0.4, 0.5) is 4.79 Å². The standard InChI is InChI=1S/C22H29BrN4O4/c1-5-30-19(28)22(11-15(22)7-6-10-24-20(29)31-21(2,3)4)17-13-27(14-26-17)18-9-8-16(23)12-25-18/h8-9,12-15H,5-7,10-11H2,1-4H3,(H,24,29). The van der Waals surface area contributed by atoms with E-state index >= 15 is 0 Å². The third-order valence-corrected chi connectivity index (χ3v) is 5.63. The minimum atomic E-state index is -0.734. The van der Waals surface area contributed by atoms with Crippen LogP contribution in [0.5, 0.6) is 0 Å². The monoisotopic (exact) mass is 492 g/mol. The van der Waals surface area contributed by atoms with Crippen molar-refractivity contribution < 1.29 is 19.1 Å². The SMILES string of the molecule is CCOC(=O)C1(c2cn(-c3ccc(Br)cn3)cn2)CC1CCCNC(=O)OC(C)(C)C. The molecule has 0 radical (unpaired) electrons. The van der Waals surface area contributed by atoms with Crippen LogP contribution in [-0.2, 0) is 19.7 Å². The number of nitrogens with one attached hydrogen (secondary N) is 1. The van der Waals surface area contributed by atoms with Crippen molar-refractivity contribution >= 4 is 28.0 Å². The molecule has 1 saturated carbocycles. The van der Waals surface area contributed by atoms with Crippen molar-refractivity contribution in [2.45, 2.75) is 58.0 Å². The van der Waals surface area contributed by atoms with Gasteiger partial charge in [-0.2, -0.15) is 0 Å². The number of hydrogen-bond donors (Lipinski definition) is 1. The zero-order valence-corrected chi connectivity index (χ0v) is 19.9. The molecular formula is C22H29BrN4O4. The maximum atomic E-state index is 12.8. The Hall–Kier alpha value is -2.42. The van der Waals surface area contributed by atoms with E-state index in [0.717, 1.165) is 23.1 Å². The van der Waals surface area contributed by atoms with Crippen LogP contribution >= 0.6 is 15.9 Å². The summed E-state index contributed by atoms with van der Waals surface area (Å²) in [6, 6.07) is 3.78. The van der Waals surface area contributed by atoms with Crippen LogP contribution in [0.25, 0.3) is 5.82 Å². The molecule has 2 atom stereocenters. The topological polar surface area (TPSA) is 95.3 Å². The van der Waals surface area contributed by atoms with Crippen molar-refractivity contribution in [3.8, 4) is 5.82 Å². The maximum absolute atomic E-state index is 12.8. The van der Waals surface area contributed by atoms with Crippen molar-refractivity contribution in [1.82, 2.24) is 19.9 Å². The third-order valence-electron chi connectivity index (χ3n) is 5.16. The zero-order valence-electron chi connectivity index (χ0n) is 18.4. The highest BCUT2D eigenvalue weighted by Gasteiger charge is 2.63. The van der Waals surface area contributed by atoms with E-state index in [1.807, 2.05) is 43.7 Å². The summed E-state index contributed by atoms with van der Waals surface area (Å²) in [5.74, 6) is 0.599. The molecule has 1 aliphatic rings. The number of amides is 1. The van der Waals surface area contributed by atoms with E-state index in [1.165, 1.54) is 0 Å². The van der Waals surface area contributed by atoms with Gasteiger partial charge in [-0.15, -0.1) is 0 Å². The van der Waals surface area contributed by atoms with Crippen molar-refractivity contribution in [1.29, 1.82) is 0 Å². The molecular weight excluding hydrogens is 464 g/mol. The number of alkyl carbamates (subject to hydrolysis) is 1. The van der Waals surface area contributed by atoms with E-state index in [-0.39, 0.29) is 11.9 Å². The number of carbonyl (C=O) groups is 2. The molecule has 31 heavy (non-hydrogen) atoms. The van der Waals surface area contributed by atoms with E-state index in [4.69, 9.17) is 9.47 Å². The third kappa shape index (κ3) is 5.64. The number of pyridine rings is 1. The second-order valence-corrected chi connectivity index (χ2v) is 9.58. The van der Waals surface area contributed by atoms with Crippen molar-refractivity contribution in [3.05, 3.63) is 41.0 Å². The smallest absolute Gasteiger partial charge is 0.407 e. The predicted molar refractivity (Wildman–Crippen MR) is 119 cm³/mol. The summed E-state index contributed by atoms with van der Waals surface area (Å²) in [6.45, 7) is 8.09. The first kappa shape index (κ1) is 23.2. The van der Waals surface area contributed by atoms with Gasteiger partial charge in [0.2, 0.25) is 0 Å². The fourth-order valence-electron chi connectivity index (χ4n) is 3.66. The highest BCUT2D eigenvalue weighted by Crippen LogP contribution is 2.57. The Balaban J connectivity index is 1.64. The van der Waals surface area contributed by atoms with Crippen LogP contribution in [-0.4, -0.2) is 45.4 Å². The number of ether oxygens (including phenoxy) is 2. The van der Waals surface area contributed by atoms with Crippen LogP contribution in [0, 0.1) is 5.92 Å². The van der Waals surface area contributed by atoms with Crippen molar-refractivity contribution in [2.24, 2.45) is 5.92 Å². The lowest BCUT2D eigenvalue weighted by Crippen LogP contribution is -2.33. The molecule has 2 heterocycles. The largest absolute Gasteiger partial charge is 0.465 e. The fourth-order valence-corrected chi connectivity index (χ4v) is 3.89. The maximum Gasteiger partial charge on any atom is 0.407 e. The zero-order chi connectivity index (χ0) is 22.6. The lowest BCUT2D eigenvalue weighted by Gasteiger charge is -2.19. The van der Waals surface area contributed by atoms with Gasteiger partial charge in [0.15, 0.2) is 0 Å². The molecule has 168 valence electrons. The first-order valence-corrected chi connectivity index (χ1v) is 11.3. The Morgan fingerprint density at radius 1 is 1.32 bits per heavy atom. The second kappa shape index (κ2) is 9.38. The summed E-state index contributed by atoms with van der Waals surface area (Å²) in [7, 11) is 0. The molecule has 1 N–H and O–H groups in total. The Morgan fingerprint density at radius 3 is 2.74 bits per heavy atom. The van der Waals surface area contributed by atoms with Crippen LogP contribution in [0.15, 0.2) is 35.3 Å². The summed E-state index contributed by atoms with van der Waals surface area (Å²) in [6.07, 6.45) is 7.01. The summed E-state index contributed by atoms with van der Waals surface area (Å²) in [4.78, 5) is 33.5. The number of imidazole rings is 1. The minimum absolute atomic E-state index is 0.119. The lowest BCUT2D eigenvalue weighted by atomic mass is 9.97. The molecule has 1 amide bonds. The Kier molecular flexibility index (Phi) is 7.03. The minimum Gasteiger partial charge on any atom is -0.465 e. The van der Waals surface area contributed by atoms with Gasteiger partial charge in [0.05, 0.1) is 12.3 Å². The molecule has 2 aromatic heterocycles. The first-order valence-electron chi connectivity index (χ1n) is 10.5. The summed E-state index contributed by atoms with van der Waals surface area (Å²) >= 11 is 3.38. The Bertz CT molecular complexity index is 922. The number of aromatic nitrogens is 3. The van der Waals surface area contributed by atoms with E-state index in [0.29, 0.717) is 25.3 Å². The first-order chi connectivity index (χ1) is 14.7. The second-order valence-electron chi connectivity index (χ2n) is 8.66. The van der Waals surface area contributed by atoms with Gasteiger partial charge < -0.3 is 14.8 Å². The van der Waals surface area contributed by atoms with Crippen LogP contribution in [0.3, 0.4) is 0 Å². The van der Waals surface area contributed by atoms with Crippen molar-refractivity contribution in [3.63, 3.8) is 0 Å². The van der Waals surface area contributed by atoms with Gasteiger partial charge >= 0.3 is 12.1 Å². The average Bonchev–Trinajstić information content (AvgIpc) is 3.21. The molecule has 0 saturated heterocycles. The molecule has 3 rings (SSSR count). The molecule has 9 heteroatoms. The molecule has 0 bridgehead atoms. The van der Waals surface area contributed by atoms with Crippen LogP contribution in [0.1, 0.15) is 52.7 Å². The number of esters is 1. The highest BCUT2D eigenvalue weighted by atomic mass is 79.9. The van der Waals surface area contributed by atoms with Gasteiger partial charge in [-0.05, 0) is 80.9 Å². The molecule has 0 spiro atoms. The van der Waals surface area contributed by atoms with E-state index in [2.05, 4.69) is 31.2 Å². The number of nitrogens with zero attached hydrogens (tertiary/aromatic N) is 3. The van der Waals surface area contributed by atoms with Gasteiger partial charge in [0, 0.05) is 23.4 Å². The highest BCUT2D eigenvalue weighted by molar-refractivity contribution is 9.10. The Labute approximate surface area is 190 Å². The van der Waals surface area contributed by atoms with Gasteiger partial charge in [-0.1, -0.05) is 0 Å². The molecule has 1 fully saturated rings. The Morgan fingerprint density at radius 2 is 2.10 bits per heavy atom. The van der Waals surface area contributed by atoms with Crippen LogP contribution < -0.4 is 5.32 Å². The van der Waals surface area contributed by atoms with Gasteiger partial charge in [-0.3, -0.25) is 9.36 Å². The normalized spacial score (nSPS) is 20.2. The van der Waals surface area contributed by atoms with Gasteiger partial charge in [0.1, 0.15) is 23.2 Å². The predicted octanol–water partition coefficient (Wildman–Crippen LogP) is 4.16. The number of carbonyl (C=O) groups excluding carboxylic acids is 2. The molecule has 2 unspecified atom stereocenters. The average molecular weight is 493 g/mol.